The first-order valence-electron chi connectivity index (χ1n) is 9.40. The molecule has 3 aromatic carbocycles. The second-order valence-corrected chi connectivity index (χ2v) is 7.33. The molecule has 0 aliphatic carbocycles. The number of hydrazone groups is 1. The minimum Gasteiger partial charge on any atom is -0.497 e. The quantitative estimate of drug-likeness (QED) is 0.365. The zero-order valence-electron chi connectivity index (χ0n) is 17.0. The smallest absolute Gasteiger partial charge is 0.271 e. The molecule has 9 heteroatoms. The summed E-state index contributed by atoms with van der Waals surface area (Å²) in [5.41, 5.74) is 3.93. The third-order valence-electron chi connectivity index (χ3n) is 4.18. The average Bonchev–Trinajstić information content (AvgIpc) is 2.79. The summed E-state index contributed by atoms with van der Waals surface area (Å²) in [4.78, 5) is 24.4. The van der Waals surface area contributed by atoms with Crippen LogP contribution in [0.4, 0.5) is 5.69 Å². The van der Waals surface area contributed by atoms with Gasteiger partial charge in [0.25, 0.3) is 11.8 Å². The molecule has 0 aromatic heterocycles. The molecule has 0 saturated carbocycles. The highest BCUT2D eigenvalue weighted by atomic mass is 35.5. The molecule has 0 fully saturated rings. The summed E-state index contributed by atoms with van der Waals surface area (Å²) in [5, 5.41) is 7.65. The number of hydrogen-bond acceptors (Lipinski definition) is 5. The van der Waals surface area contributed by atoms with Gasteiger partial charge in [-0.3, -0.25) is 9.59 Å². The molecule has 164 valence electrons. The van der Waals surface area contributed by atoms with Gasteiger partial charge < -0.3 is 14.8 Å². The topological polar surface area (TPSA) is 89.0 Å². The first kappa shape index (κ1) is 23.1. The fraction of sp³-hybridized carbons (Fsp3) is 0.0870. The van der Waals surface area contributed by atoms with Gasteiger partial charge in [0.15, 0.2) is 6.61 Å². The van der Waals surface area contributed by atoms with Crippen LogP contribution in [-0.2, 0) is 4.79 Å². The van der Waals surface area contributed by atoms with E-state index in [2.05, 4.69) is 15.8 Å². The molecule has 0 aliphatic rings. The van der Waals surface area contributed by atoms with Gasteiger partial charge in [0.05, 0.1) is 13.3 Å². The summed E-state index contributed by atoms with van der Waals surface area (Å²) in [6, 6.07) is 18.2. The molecule has 0 heterocycles. The van der Waals surface area contributed by atoms with Gasteiger partial charge >= 0.3 is 0 Å². The molecular formula is C23H19Cl2N3O4. The maximum atomic E-state index is 12.2. The number of hydrogen-bond donors (Lipinski definition) is 2. The Morgan fingerprint density at radius 2 is 1.66 bits per heavy atom. The van der Waals surface area contributed by atoms with E-state index in [1.165, 1.54) is 6.21 Å². The Bertz CT molecular complexity index is 1120. The minimum atomic E-state index is -0.402. The zero-order valence-corrected chi connectivity index (χ0v) is 18.5. The maximum Gasteiger partial charge on any atom is 0.271 e. The van der Waals surface area contributed by atoms with Crippen molar-refractivity contribution in [2.45, 2.75) is 0 Å². The SMILES string of the molecule is COc1ccc(NC(=O)COc2ccc(Cl)cc2/C=N/NC(=O)c2ccc(Cl)cc2)cc1. The first-order chi connectivity index (χ1) is 15.4. The van der Waals surface area contributed by atoms with Crippen LogP contribution >= 0.6 is 23.2 Å². The summed E-state index contributed by atoms with van der Waals surface area (Å²) in [6.07, 6.45) is 1.39. The predicted octanol–water partition coefficient (Wildman–Crippen LogP) is 4.78. The van der Waals surface area contributed by atoms with Crippen molar-refractivity contribution in [3.63, 3.8) is 0 Å². The van der Waals surface area contributed by atoms with E-state index in [-0.39, 0.29) is 12.5 Å². The highest BCUT2D eigenvalue weighted by molar-refractivity contribution is 6.31. The summed E-state index contributed by atoms with van der Waals surface area (Å²) < 4.78 is 10.7. The fourth-order valence-electron chi connectivity index (χ4n) is 2.59. The number of anilines is 1. The number of nitrogens with zero attached hydrogens (tertiary/aromatic N) is 1. The van der Waals surface area contributed by atoms with Crippen LogP contribution in [0.5, 0.6) is 11.5 Å². The number of carbonyl (C=O) groups excluding carboxylic acids is 2. The van der Waals surface area contributed by atoms with Crippen molar-refractivity contribution >= 4 is 46.9 Å². The number of amides is 2. The lowest BCUT2D eigenvalue weighted by Gasteiger charge is -2.10. The van der Waals surface area contributed by atoms with Crippen molar-refractivity contribution in [3.05, 3.63) is 87.9 Å². The molecule has 0 radical (unpaired) electrons. The van der Waals surface area contributed by atoms with Gasteiger partial charge in [0, 0.05) is 26.9 Å². The predicted molar refractivity (Wildman–Crippen MR) is 125 cm³/mol. The van der Waals surface area contributed by atoms with Crippen LogP contribution in [0.2, 0.25) is 10.0 Å². The number of ether oxygens (including phenoxy) is 2. The van der Waals surface area contributed by atoms with Crippen LogP contribution in [-0.4, -0.2) is 31.7 Å². The fourth-order valence-corrected chi connectivity index (χ4v) is 2.90. The lowest BCUT2D eigenvalue weighted by Crippen LogP contribution is -2.20. The molecule has 3 rings (SSSR count). The number of carbonyl (C=O) groups is 2. The Morgan fingerprint density at radius 1 is 0.969 bits per heavy atom. The Balaban J connectivity index is 1.60. The second kappa shape index (κ2) is 11.2. The van der Waals surface area contributed by atoms with Gasteiger partial charge in [-0.1, -0.05) is 23.2 Å². The van der Waals surface area contributed by atoms with Crippen molar-refractivity contribution in [2.24, 2.45) is 5.10 Å². The second-order valence-electron chi connectivity index (χ2n) is 6.45. The monoisotopic (exact) mass is 471 g/mol. The minimum absolute atomic E-state index is 0.231. The molecule has 0 atom stereocenters. The molecule has 0 saturated heterocycles. The molecule has 2 amide bonds. The summed E-state index contributed by atoms with van der Waals surface area (Å²) in [7, 11) is 1.57. The Hall–Kier alpha value is -3.55. The van der Waals surface area contributed by atoms with Crippen molar-refractivity contribution in [1.29, 1.82) is 0 Å². The van der Waals surface area contributed by atoms with Crippen LogP contribution in [0, 0.1) is 0 Å². The van der Waals surface area contributed by atoms with Crippen LogP contribution < -0.4 is 20.2 Å². The van der Waals surface area contributed by atoms with Crippen LogP contribution in [0.25, 0.3) is 0 Å². The number of benzene rings is 3. The normalized spacial score (nSPS) is 10.6. The standard InChI is InChI=1S/C23H19Cl2N3O4/c1-31-20-9-7-19(8-10-20)27-22(29)14-32-21-11-6-18(25)12-16(21)13-26-28-23(30)15-2-4-17(24)5-3-15/h2-13H,14H2,1H3,(H,27,29)(H,28,30)/b26-13+. The highest BCUT2D eigenvalue weighted by Gasteiger charge is 2.09. The maximum absolute atomic E-state index is 12.2. The van der Waals surface area contributed by atoms with E-state index in [9.17, 15) is 9.59 Å². The van der Waals surface area contributed by atoms with E-state index in [4.69, 9.17) is 32.7 Å². The first-order valence-corrected chi connectivity index (χ1v) is 10.2. The summed E-state index contributed by atoms with van der Waals surface area (Å²) in [6.45, 7) is -0.231. The van der Waals surface area contributed by atoms with E-state index >= 15 is 0 Å². The summed E-state index contributed by atoms with van der Waals surface area (Å²) >= 11 is 11.9. The largest absolute Gasteiger partial charge is 0.497 e. The number of halogens is 2. The van der Waals surface area contributed by atoms with Crippen molar-refractivity contribution in [3.8, 4) is 11.5 Å². The van der Waals surface area contributed by atoms with E-state index in [1.54, 1.807) is 73.8 Å². The van der Waals surface area contributed by atoms with Gasteiger partial charge in [-0.05, 0) is 66.7 Å². The van der Waals surface area contributed by atoms with Crippen LogP contribution in [0.15, 0.2) is 71.8 Å². The number of methoxy groups -OCH3 is 1. The molecule has 0 bridgehead atoms. The third-order valence-corrected chi connectivity index (χ3v) is 4.67. The van der Waals surface area contributed by atoms with E-state index in [0.717, 1.165) is 0 Å². The molecule has 2 N–H and O–H groups in total. The highest BCUT2D eigenvalue weighted by Crippen LogP contribution is 2.22. The molecule has 32 heavy (non-hydrogen) atoms. The van der Waals surface area contributed by atoms with Crippen molar-refractivity contribution < 1.29 is 19.1 Å². The van der Waals surface area contributed by atoms with Crippen LogP contribution in [0.3, 0.4) is 0 Å². The van der Waals surface area contributed by atoms with Gasteiger partial charge in [-0.2, -0.15) is 5.10 Å². The average molecular weight is 472 g/mol. The van der Waals surface area contributed by atoms with Gasteiger partial charge in [-0.25, -0.2) is 5.43 Å². The van der Waals surface area contributed by atoms with Gasteiger partial charge in [0.1, 0.15) is 11.5 Å². The molecule has 0 aliphatic heterocycles. The molecule has 7 nitrogen and oxygen atoms in total. The zero-order chi connectivity index (χ0) is 22.9. The number of rotatable bonds is 8. The molecule has 0 spiro atoms. The third kappa shape index (κ3) is 6.73. The van der Waals surface area contributed by atoms with Gasteiger partial charge in [-0.15, -0.1) is 0 Å². The molecule has 0 unspecified atom stereocenters. The Labute approximate surface area is 194 Å². The summed E-state index contributed by atoms with van der Waals surface area (Å²) in [5.74, 6) is 0.321. The Morgan fingerprint density at radius 3 is 2.34 bits per heavy atom. The lowest BCUT2D eigenvalue weighted by molar-refractivity contribution is -0.118. The van der Waals surface area contributed by atoms with Gasteiger partial charge in [0.2, 0.25) is 0 Å². The molecule has 3 aromatic rings. The van der Waals surface area contributed by atoms with E-state index in [0.29, 0.717) is 38.4 Å². The number of nitrogens with one attached hydrogen (secondary N) is 2. The van der Waals surface area contributed by atoms with Crippen molar-refractivity contribution in [1.82, 2.24) is 5.43 Å². The lowest BCUT2D eigenvalue weighted by atomic mass is 10.2. The van der Waals surface area contributed by atoms with Crippen molar-refractivity contribution in [2.75, 3.05) is 19.0 Å². The Kier molecular flexibility index (Phi) is 8.08. The van der Waals surface area contributed by atoms with E-state index < -0.39 is 5.91 Å². The van der Waals surface area contributed by atoms with E-state index in [1.807, 2.05) is 0 Å². The molecular weight excluding hydrogens is 453 g/mol. The van der Waals surface area contributed by atoms with Crippen LogP contribution in [0.1, 0.15) is 15.9 Å².